The number of furan rings is 1. The lowest BCUT2D eigenvalue weighted by molar-refractivity contribution is -0.117. The Morgan fingerprint density at radius 2 is 1.77 bits per heavy atom. The summed E-state index contributed by atoms with van der Waals surface area (Å²) in [5.74, 6) is 0.812. The fourth-order valence-corrected chi connectivity index (χ4v) is 3.33. The molecule has 0 aliphatic rings. The highest BCUT2D eigenvalue weighted by atomic mass is 32.2. The first-order valence-corrected chi connectivity index (χ1v) is 9.68. The molecule has 26 heavy (non-hydrogen) atoms. The van der Waals surface area contributed by atoms with E-state index in [0.29, 0.717) is 13.1 Å². The van der Waals surface area contributed by atoms with Crippen LogP contribution in [0.1, 0.15) is 11.3 Å². The Morgan fingerprint density at radius 3 is 2.50 bits per heavy atom. The minimum Gasteiger partial charge on any atom is -0.468 e. The normalized spacial score (nSPS) is 10.8. The van der Waals surface area contributed by atoms with Crippen molar-refractivity contribution in [3.8, 4) is 0 Å². The number of para-hydroxylation sites is 1. The summed E-state index contributed by atoms with van der Waals surface area (Å²) in [5.41, 5.74) is 2.01. The molecule has 134 valence electrons. The van der Waals surface area contributed by atoms with Gasteiger partial charge in [0.1, 0.15) is 5.76 Å². The molecule has 3 aromatic rings. The van der Waals surface area contributed by atoms with E-state index in [2.05, 4.69) is 22.3 Å². The Kier molecular flexibility index (Phi) is 6.52. The van der Waals surface area contributed by atoms with E-state index in [1.54, 1.807) is 18.0 Å². The Labute approximate surface area is 158 Å². The summed E-state index contributed by atoms with van der Waals surface area (Å²) >= 11 is 1.62. The molecule has 0 spiro atoms. The zero-order chi connectivity index (χ0) is 18.2. The number of amides is 1. The quantitative estimate of drug-likeness (QED) is 0.590. The number of anilines is 1. The van der Waals surface area contributed by atoms with Gasteiger partial charge in [-0.25, -0.2) is 0 Å². The Morgan fingerprint density at radius 1 is 1.00 bits per heavy atom. The van der Waals surface area contributed by atoms with Gasteiger partial charge in [0.05, 0.1) is 25.0 Å². The molecule has 3 rings (SSSR count). The molecule has 1 amide bonds. The maximum Gasteiger partial charge on any atom is 0.238 e. The predicted octanol–water partition coefficient (Wildman–Crippen LogP) is 4.64. The van der Waals surface area contributed by atoms with Gasteiger partial charge in [0.15, 0.2) is 0 Å². The van der Waals surface area contributed by atoms with Gasteiger partial charge >= 0.3 is 0 Å². The second kappa shape index (κ2) is 9.27. The second-order valence-corrected chi connectivity index (χ2v) is 6.81. The van der Waals surface area contributed by atoms with Gasteiger partial charge < -0.3 is 9.73 Å². The van der Waals surface area contributed by atoms with Crippen LogP contribution in [-0.4, -0.2) is 23.6 Å². The van der Waals surface area contributed by atoms with Crippen molar-refractivity contribution in [3.63, 3.8) is 0 Å². The van der Waals surface area contributed by atoms with Crippen LogP contribution in [0, 0.1) is 0 Å². The average Bonchev–Trinajstić information content (AvgIpc) is 3.16. The third-order valence-electron chi connectivity index (χ3n) is 3.96. The summed E-state index contributed by atoms with van der Waals surface area (Å²) in [6.45, 7) is 1.55. The Hall–Kier alpha value is -2.50. The zero-order valence-electron chi connectivity index (χ0n) is 14.7. The number of nitrogens with zero attached hydrogens (tertiary/aromatic N) is 1. The van der Waals surface area contributed by atoms with Crippen LogP contribution in [0.4, 0.5) is 5.69 Å². The molecule has 0 unspecified atom stereocenters. The van der Waals surface area contributed by atoms with Crippen molar-refractivity contribution >= 4 is 23.4 Å². The van der Waals surface area contributed by atoms with Crippen LogP contribution in [0.5, 0.6) is 0 Å². The molecular weight excluding hydrogens is 344 g/mol. The Balaban J connectivity index is 1.68. The van der Waals surface area contributed by atoms with E-state index in [9.17, 15) is 4.79 Å². The van der Waals surface area contributed by atoms with Crippen molar-refractivity contribution in [1.82, 2.24) is 4.90 Å². The maximum absolute atomic E-state index is 12.6. The zero-order valence-corrected chi connectivity index (χ0v) is 15.5. The van der Waals surface area contributed by atoms with Gasteiger partial charge in [0.25, 0.3) is 0 Å². The predicted molar refractivity (Wildman–Crippen MR) is 106 cm³/mol. The standard InChI is InChI=1S/C21H22N2O2S/c1-26-20-12-6-5-11-19(20)22-21(24)16-23(15-18-10-7-13-25-18)14-17-8-3-2-4-9-17/h2-13H,14-16H2,1H3,(H,22,24). The average molecular weight is 366 g/mol. The molecule has 0 aliphatic carbocycles. The van der Waals surface area contributed by atoms with Gasteiger partial charge in [-0.1, -0.05) is 42.5 Å². The van der Waals surface area contributed by atoms with Crippen LogP contribution in [-0.2, 0) is 17.9 Å². The molecule has 1 aromatic heterocycles. The van der Waals surface area contributed by atoms with E-state index < -0.39 is 0 Å². The maximum atomic E-state index is 12.6. The minimum atomic E-state index is -0.0333. The first-order valence-electron chi connectivity index (χ1n) is 8.46. The summed E-state index contributed by atoms with van der Waals surface area (Å²) in [7, 11) is 0. The molecule has 5 heteroatoms. The lowest BCUT2D eigenvalue weighted by atomic mass is 10.2. The van der Waals surface area contributed by atoms with Gasteiger partial charge in [-0.05, 0) is 36.1 Å². The number of carbonyl (C=O) groups is 1. The van der Waals surface area contributed by atoms with E-state index in [-0.39, 0.29) is 12.5 Å². The molecule has 1 N–H and O–H groups in total. The molecule has 0 aliphatic heterocycles. The largest absolute Gasteiger partial charge is 0.468 e. The van der Waals surface area contributed by atoms with Gasteiger partial charge in [0.2, 0.25) is 5.91 Å². The summed E-state index contributed by atoms with van der Waals surface area (Å²) in [5, 5.41) is 3.03. The summed E-state index contributed by atoms with van der Waals surface area (Å²) < 4.78 is 5.46. The van der Waals surface area contributed by atoms with E-state index >= 15 is 0 Å². The van der Waals surface area contributed by atoms with E-state index in [1.807, 2.05) is 60.9 Å². The number of thioether (sulfide) groups is 1. The van der Waals surface area contributed by atoms with Crippen molar-refractivity contribution in [1.29, 1.82) is 0 Å². The van der Waals surface area contributed by atoms with Crippen molar-refractivity contribution in [2.75, 3.05) is 18.1 Å². The van der Waals surface area contributed by atoms with Crippen LogP contribution in [0.25, 0.3) is 0 Å². The van der Waals surface area contributed by atoms with Crippen molar-refractivity contribution in [2.24, 2.45) is 0 Å². The third kappa shape index (κ3) is 5.25. The van der Waals surface area contributed by atoms with Crippen molar-refractivity contribution in [3.05, 3.63) is 84.3 Å². The van der Waals surface area contributed by atoms with Crippen LogP contribution in [0.3, 0.4) is 0 Å². The van der Waals surface area contributed by atoms with Crippen LogP contribution < -0.4 is 5.32 Å². The molecular formula is C21H22N2O2S. The number of nitrogens with one attached hydrogen (secondary N) is 1. The summed E-state index contributed by atoms with van der Waals surface area (Å²) in [4.78, 5) is 15.7. The van der Waals surface area contributed by atoms with Crippen LogP contribution >= 0.6 is 11.8 Å². The molecule has 0 saturated carbocycles. The van der Waals surface area contributed by atoms with Gasteiger partial charge in [-0.2, -0.15) is 0 Å². The molecule has 0 saturated heterocycles. The molecule has 0 radical (unpaired) electrons. The van der Waals surface area contributed by atoms with E-state index in [4.69, 9.17) is 4.42 Å². The van der Waals surface area contributed by atoms with Crippen LogP contribution in [0.15, 0.2) is 82.3 Å². The monoisotopic (exact) mass is 366 g/mol. The molecule has 1 heterocycles. The molecule has 4 nitrogen and oxygen atoms in total. The van der Waals surface area contributed by atoms with E-state index in [1.165, 1.54) is 0 Å². The molecule has 0 fully saturated rings. The lowest BCUT2D eigenvalue weighted by Gasteiger charge is -2.21. The number of carbonyl (C=O) groups excluding carboxylic acids is 1. The Bertz CT molecular complexity index is 819. The fraction of sp³-hybridized carbons (Fsp3) is 0.190. The molecule has 0 bridgehead atoms. The molecule has 2 aromatic carbocycles. The minimum absolute atomic E-state index is 0.0333. The third-order valence-corrected chi connectivity index (χ3v) is 4.75. The van der Waals surface area contributed by atoms with Gasteiger partial charge in [-0.15, -0.1) is 11.8 Å². The lowest BCUT2D eigenvalue weighted by Crippen LogP contribution is -2.32. The van der Waals surface area contributed by atoms with Crippen LogP contribution in [0.2, 0.25) is 0 Å². The van der Waals surface area contributed by atoms with Crippen molar-refractivity contribution < 1.29 is 9.21 Å². The first-order chi connectivity index (χ1) is 12.7. The SMILES string of the molecule is CSc1ccccc1NC(=O)CN(Cc1ccccc1)Cc1ccco1. The van der Waals surface area contributed by atoms with Gasteiger partial charge in [0, 0.05) is 11.4 Å². The smallest absolute Gasteiger partial charge is 0.238 e. The van der Waals surface area contributed by atoms with Crippen molar-refractivity contribution in [2.45, 2.75) is 18.0 Å². The van der Waals surface area contributed by atoms with Gasteiger partial charge in [-0.3, -0.25) is 9.69 Å². The summed E-state index contributed by atoms with van der Waals surface area (Å²) in [6.07, 6.45) is 3.66. The summed E-state index contributed by atoms with van der Waals surface area (Å²) in [6, 6.07) is 21.8. The fourth-order valence-electron chi connectivity index (χ4n) is 2.77. The highest BCUT2D eigenvalue weighted by molar-refractivity contribution is 7.98. The highest BCUT2D eigenvalue weighted by Gasteiger charge is 2.14. The highest BCUT2D eigenvalue weighted by Crippen LogP contribution is 2.24. The number of hydrogen-bond donors (Lipinski definition) is 1. The number of hydrogen-bond acceptors (Lipinski definition) is 4. The number of benzene rings is 2. The first kappa shape index (κ1) is 18.3. The molecule has 0 atom stereocenters. The van der Waals surface area contributed by atoms with E-state index in [0.717, 1.165) is 21.9 Å². The number of rotatable bonds is 8. The second-order valence-electron chi connectivity index (χ2n) is 5.96. The topological polar surface area (TPSA) is 45.5 Å².